The zero-order chi connectivity index (χ0) is 47.6. The van der Waals surface area contributed by atoms with Crippen LogP contribution in [0.5, 0.6) is 0 Å². The summed E-state index contributed by atoms with van der Waals surface area (Å²) < 4.78 is 0. The molecule has 0 aliphatic heterocycles. The molecule has 0 aliphatic rings. The van der Waals surface area contributed by atoms with E-state index in [0.29, 0.717) is 12.8 Å². The molecule has 0 saturated carbocycles. The highest BCUT2D eigenvalue weighted by molar-refractivity contribution is 5.66. The van der Waals surface area contributed by atoms with Crippen LogP contribution in [0.25, 0.3) is 0 Å². The van der Waals surface area contributed by atoms with E-state index in [0.717, 1.165) is 25.7 Å². The Kier molecular flexibility index (Phi) is 74.3. The van der Waals surface area contributed by atoms with E-state index in [4.69, 9.17) is 56.2 Å². The Labute approximate surface area is 379 Å². The molecule has 0 saturated heterocycles. The first-order valence-corrected chi connectivity index (χ1v) is 25.1. The Hall–Kier alpha value is -1.42. The van der Waals surface area contributed by atoms with Crippen molar-refractivity contribution in [3.63, 3.8) is 0 Å². The average Bonchev–Trinajstić information content (AvgIpc) is 3.28. The fraction of sp³-hybridized carbons (Fsp3) is 0.959. The van der Waals surface area contributed by atoms with Crippen LogP contribution in [0.4, 0.5) is 0 Å². The van der Waals surface area contributed by atoms with E-state index in [1.54, 1.807) is 0 Å². The van der Waals surface area contributed by atoms with Gasteiger partial charge in [0.2, 0.25) is 0 Å². The Morgan fingerprint density at radius 1 is 0.274 bits per heavy atom. The lowest BCUT2D eigenvalue weighted by atomic mass is 10.0. The minimum atomic E-state index is -0.954. The highest BCUT2D eigenvalue weighted by Crippen LogP contribution is 2.16. The summed E-state index contributed by atoms with van der Waals surface area (Å²) in [5.74, 6) is -1.30. The van der Waals surface area contributed by atoms with E-state index < -0.39 is 30.3 Å². The van der Waals surface area contributed by atoms with Gasteiger partial charge in [0.05, 0.1) is 39.6 Å². The second kappa shape index (κ2) is 66.2. The second-order valence-electron chi connectivity index (χ2n) is 16.7. The molecule has 378 valence electrons. The van der Waals surface area contributed by atoms with Crippen molar-refractivity contribution in [3.8, 4) is 0 Å². The number of carboxylic acid groups (broad SMARTS) is 2. The van der Waals surface area contributed by atoms with Crippen molar-refractivity contribution < 1.29 is 65.8 Å². The zero-order valence-corrected chi connectivity index (χ0v) is 40.2. The summed E-state index contributed by atoms with van der Waals surface area (Å²) in [4.78, 5) is 20.7. The highest BCUT2D eigenvalue weighted by Gasteiger charge is 2.00. The van der Waals surface area contributed by atoms with Crippen LogP contribution in [0, 0.1) is 0 Å². The minimum absolute atomic E-state index is 0.345. The van der Waals surface area contributed by atoms with Gasteiger partial charge in [0.15, 0.2) is 0 Å². The molecule has 62 heavy (non-hydrogen) atoms. The number of hydrogen-bond acceptors (Lipinski definition) is 11. The Morgan fingerprint density at radius 3 is 0.500 bits per heavy atom. The third kappa shape index (κ3) is 82.3. The van der Waals surface area contributed by atoms with Gasteiger partial charge in [-0.05, 0) is 12.8 Å². The lowest BCUT2D eigenvalue weighted by Crippen LogP contribution is -2.15. The van der Waals surface area contributed by atoms with Crippen molar-refractivity contribution in [2.45, 2.75) is 263 Å². The molecule has 13 heteroatoms. The summed E-state index contributed by atoms with van der Waals surface area (Å²) in [6.07, 6.45) is 43.4. The van der Waals surface area contributed by atoms with Crippen molar-refractivity contribution in [2.24, 2.45) is 0 Å². The van der Waals surface area contributed by atoms with Crippen molar-refractivity contribution in [2.75, 3.05) is 39.6 Å². The van der Waals surface area contributed by atoms with Gasteiger partial charge in [-0.2, -0.15) is 0 Å². The highest BCUT2D eigenvalue weighted by atomic mass is 16.4. The van der Waals surface area contributed by atoms with E-state index in [1.807, 2.05) is 0 Å². The van der Waals surface area contributed by atoms with Gasteiger partial charge in [0, 0.05) is 12.8 Å². The Morgan fingerprint density at radius 2 is 0.403 bits per heavy atom. The number of aliphatic hydroxyl groups excluding tert-OH is 9. The molecule has 0 atom stereocenters. The van der Waals surface area contributed by atoms with E-state index in [1.165, 1.54) is 193 Å². The molecule has 0 bridgehead atoms. The summed E-state index contributed by atoms with van der Waals surface area (Å²) in [6.45, 7) is 2.37. The minimum Gasteiger partial charge on any atom is -0.481 e. The van der Waals surface area contributed by atoms with E-state index in [2.05, 4.69) is 13.8 Å². The summed E-state index contributed by atoms with van der Waals surface area (Å²) in [7, 11) is 0. The maximum atomic E-state index is 10.4. The van der Waals surface area contributed by atoms with E-state index in [-0.39, 0.29) is 39.6 Å². The molecule has 13 nitrogen and oxygen atoms in total. The van der Waals surface area contributed by atoms with Crippen LogP contribution in [0.2, 0.25) is 0 Å². The fourth-order valence-electron chi connectivity index (χ4n) is 6.18. The molecule has 0 fully saturated rings. The van der Waals surface area contributed by atoms with Crippen molar-refractivity contribution in [3.05, 3.63) is 0 Å². The third-order valence-electron chi connectivity index (χ3n) is 10.3. The van der Waals surface area contributed by atoms with Crippen LogP contribution in [-0.4, -0.2) is 126 Å². The molecular weight excluding hydrogens is 797 g/mol. The first-order valence-electron chi connectivity index (χ1n) is 25.1. The van der Waals surface area contributed by atoms with Crippen LogP contribution >= 0.6 is 0 Å². The van der Waals surface area contributed by atoms with Gasteiger partial charge < -0.3 is 56.2 Å². The van der Waals surface area contributed by atoms with Gasteiger partial charge in [-0.3, -0.25) is 9.59 Å². The van der Waals surface area contributed by atoms with Gasteiger partial charge in [0.1, 0.15) is 18.3 Å². The number of carboxylic acids is 2. The molecule has 0 aliphatic carbocycles. The molecule has 0 amide bonds. The molecule has 0 aromatic carbocycles. The summed E-state index contributed by atoms with van der Waals surface area (Å²) in [5.41, 5.74) is 0. The Bertz CT molecular complexity index is 755. The third-order valence-corrected chi connectivity index (χ3v) is 10.3. The number of aliphatic hydroxyl groups is 9. The molecule has 0 rings (SSSR count). The normalized spacial score (nSPS) is 10.7. The topological polar surface area (TPSA) is 257 Å². The molecule has 0 heterocycles. The van der Waals surface area contributed by atoms with Crippen LogP contribution < -0.4 is 0 Å². The van der Waals surface area contributed by atoms with Crippen molar-refractivity contribution in [1.82, 2.24) is 0 Å². The summed E-state index contributed by atoms with van der Waals surface area (Å²) in [6, 6.07) is 0. The SMILES string of the molecule is CCCCCCCCCCCCCCCCCC(=O)O.CCCCCCCCCCCCCCCCCCCCCC(=O)O.OCC(O)CO.OCC(O)CO.OCC(O)CO. The lowest BCUT2D eigenvalue weighted by molar-refractivity contribution is -0.138. The monoisotopic (exact) mass is 901 g/mol. The quantitative estimate of drug-likeness (QED) is 0.0256. The maximum Gasteiger partial charge on any atom is 0.303 e. The molecule has 0 aromatic heterocycles. The number of carbonyl (C=O) groups is 2. The molecule has 0 spiro atoms. The summed E-state index contributed by atoms with van der Waals surface area (Å²) in [5, 5.41) is 89.1. The molecule has 11 N–H and O–H groups in total. The molecular formula is C49H104O13. The van der Waals surface area contributed by atoms with Gasteiger partial charge in [-0.1, -0.05) is 219 Å². The van der Waals surface area contributed by atoms with Crippen LogP contribution in [0.1, 0.15) is 245 Å². The predicted octanol–water partition coefficient (Wildman–Crippen LogP) is 9.22. The standard InChI is InChI=1S/C22H44O2.C18H36O2.3C3H8O3/c1-2-3-4-5-6-7-8-9-10-11-12-13-14-15-16-17-18-19-20-21-22(23)24;1-2-3-4-5-6-7-8-9-10-11-12-13-14-15-16-17-18(19)20;3*4-1-3(6)2-5/h2-21H2,1H3,(H,23,24);2-17H2,1H3,(H,19,20);3*3-6H,1-2H2. The zero-order valence-electron chi connectivity index (χ0n) is 40.2. The summed E-state index contributed by atoms with van der Waals surface area (Å²) >= 11 is 0. The average molecular weight is 901 g/mol. The van der Waals surface area contributed by atoms with Crippen LogP contribution in [0.15, 0.2) is 0 Å². The van der Waals surface area contributed by atoms with Gasteiger partial charge in [0.25, 0.3) is 0 Å². The van der Waals surface area contributed by atoms with Crippen molar-refractivity contribution in [1.29, 1.82) is 0 Å². The smallest absolute Gasteiger partial charge is 0.303 e. The second-order valence-corrected chi connectivity index (χ2v) is 16.7. The first kappa shape index (κ1) is 69.6. The fourth-order valence-corrected chi connectivity index (χ4v) is 6.18. The van der Waals surface area contributed by atoms with Crippen molar-refractivity contribution >= 4 is 11.9 Å². The van der Waals surface area contributed by atoms with Crippen LogP contribution in [0.3, 0.4) is 0 Å². The predicted molar refractivity (Wildman–Crippen MR) is 253 cm³/mol. The van der Waals surface area contributed by atoms with Crippen LogP contribution in [-0.2, 0) is 9.59 Å². The number of aliphatic carboxylic acids is 2. The number of unbranched alkanes of at least 4 members (excludes halogenated alkanes) is 32. The van der Waals surface area contributed by atoms with Gasteiger partial charge >= 0.3 is 11.9 Å². The molecule has 0 radical (unpaired) electrons. The first-order chi connectivity index (χ1) is 30.0. The number of hydrogen-bond donors (Lipinski definition) is 11. The van der Waals surface area contributed by atoms with Gasteiger partial charge in [-0.15, -0.1) is 0 Å². The lowest BCUT2D eigenvalue weighted by Gasteiger charge is -2.03. The largest absolute Gasteiger partial charge is 0.481 e. The number of rotatable bonds is 42. The van der Waals surface area contributed by atoms with Gasteiger partial charge in [-0.25, -0.2) is 0 Å². The molecule has 0 aromatic rings. The molecule has 0 unspecified atom stereocenters. The van der Waals surface area contributed by atoms with E-state index >= 15 is 0 Å². The Balaban J connectivity index is -0.000000252. The maximum absolute atomic E-state index is 10.4. The van der Waals surface area contributed by atoms with E-state index in [9.17, 15) is 9.59 Å².